The maximum Gasteiger partial charge on any atom is 0.228 e. The molecule has 3 aromatic rings. The van der Waals surface area contributed by atoms with Gasteiger partial charge in [-0.25, -0.2) is 4.98 Å². The van der Waals surface area contributed by atoms with Gasteiger partial charge < -0.3 is 10.2 Å². The molecule has 4 heterocycles. The molecule has 1 aliphatic heterocycles. The number of pyridine rings is 1. The number of fused-ring (bicyclic) bond motifs is 1. The molecular weight excluding hydrogens is 308 g/mol. The molecule has 9 nitrogen and oxygen atoms in total. The molecule has 24 heavy (non-hydrogen) atoms. The molecule has 1 aliphatic rings. The molecule has 1 amide bonds. The minimum absolute atomic E-state index is 0.0139. The number of amides is 1. The first-order chi connectivity index (χ1) is 11.8. The van der Waals surface area contributed by atoms with Crippen LogP contribution in [0.15, 0.2) is 36.5 Å². The van der Waals surface area contributed by atoms with Crippen molar-refractivity contribution in [2.75, 3.05) is 23.3 Å². The van der Waals surface area contributed by atoms with Gasteiger partial charge in [0, 0.05) is 25.2 Å². The van der Waals surface area contributed by atoms with Crippen LogP contribution < -0.4 is 10.2 Å². The molecule has 0 unspecified atom stereocenters. The van der Waals surface area contributed by atoms with Gasteiger partial charge in [0.25, 0.3) is 0 Å². The van der Waals surface area contributed by atoms with Crippen LogP contribution in [0.25, 0.3) is 5.65 Å². The van der Waals surface area contributed by atoms with Crippen molar-refractivity contribution < 1.29 is 4.79 Å². The second kappa shape index (κ2) is 6.19. The van der Waals surface area contributed by atoms with Crippen LogP contribution in [0, 0.1) is 5.92 Å². The van der Waals surface area contributed by atoms with Gasteiger partial charge in [0.2, 0.25) is 5.91 Å². The van der Waals surface area contributed by atoms with E-state index in [1.807, 2.05) is 24.3 Å². The van der Waals surface area contributed by atoms with E-state index < -0.39 is 0 Å². The molecule has 122 valence electrons. The van der Waals surface area contributed by atoms with Crippen molar-refractivity contribution in [2.24, 2.45) is 5.92 Å². The Morgan fingerprint density at radius 3 is 2.83 bits per heavy atom. The van der Waals surface area contributed by atoms with Crippen LogP contribution in [0.3, 0.4) is 0 Å². The first kappa shape index (κ1) is 14.5. The van der Waals surface area contributed by atoms with Crippen molar-refractivity contribution in [3.63, 3.8) is 0 Å². The van der Waals surface area contributed by atoms with Gasteiger partial charge >= 0.3 is 0 Å². The van der Waals surface area contributed by atoms with Crippen molar-refractivity contribution in [2.45, 2.75) is 12.8 Å². The average molecular weight is 324 g/mol. The van der Waals surface area contributed by atoms with Gasteiger partial charge in [-0.15, -0.1) is 14.8 Å². The molecule has 0 radical (unpaired) electrons. The Bertz CT molecular complexity index is 841. The lowest BCUT2D eigenvalue weighted by molar-refractivity contribution is -0.120. The third-order valence-electron chi connectivity index (χ3n) is 4.16. The molecule has 1 fully saturated rings. The molecule has 4 rings (SSSR count). The van der Waals surface area contributed by atoms with Gasteiger partial charge in [0.15, 0.2) is 11.5 Å². The Labute approximate surface area is 137 Å². The fraction of sp³-hybridized carbons (Fsp3) is 0.333. The molecule has 0 aromatic carbocycles. The topological polar surface area (TPSA) is 101 Å². The molecule has 9 heteroatoms. The van der Waals surface area contributed by atoms with Crippen LogP contribution in [0.5, 0.6) is 0 Å². The number of anilines is 2. The number of nitrogens with zero attached hydrogens (tertiary/aromatic N) is 7. The van der Waals surface area contributed by atoms with Crippen LogP contribution in [-0.2, 0) is 4.79 Å². The highest BCUT2D eigenvalue weighted by Gasteiger charge is 2.26. The van der Waals surface area contributed by atoms with E-state index in [0.29, 0.717) is 11.5 Å². The lowest BCUT2D eigenvalue weighted by atomic mass is 9.96. The first-order valence-electron chi connectivity index (χ1n) is 7.82. The summed E-state index contributed by atoms with van der Waals surface area (Å²) in [5.41, 5.74) is 0.614. The lowest BCUT2D eigenvalue weighted by Gasteiger charge is -2.31. The Balaban J connectivity index is 1.38. The predicted molar refractivity (Wildman–Crippen MR) is 86.4 cm³/mol. The number of carbonyl (C=O) groups excluding carboxylic acids is 1. The van der Waals surface area contributed by atoms with Crippen molar-refractivity contribution in [3.8, 4) is 0 Å². The average Bonchev–Trinajstić information content (AvgIpc) is 3.10. The van der Waals surface area contributed by atoms with Gasteiger partial charge in [-0.3, -0.25) is 4.79 Å². The van der Waals surface area contributed by atoms with Crippen molar-refractivity contribution in [1.29, 1.82) is 0 Å². The van der Waals surface area contributed by atoms with E-state index in [4.69, 9.17) is 0 Å². The quantitative estimate of drug-likeness (QED) is 0.759. The highest BCUT2D eigenvalue weighted by Crippen LogP contribution is 2.22. The van der Waals surface area contributed by atoms with Crippen LogP contribution in [0.4, 0.5) is 11.6 Å². The zero-order chi connectivity index (χ0) is 16.4. The smallest absolute Gasteiger partial charge is 0.228 e. The van der Waals surface area contributed by atoms with E-state index in [-0.39, 0.29) is 11.8 Å². The largest absolute Gasteiger partial charge is 0.355 e. The molecule has 0 saturated carbocycles. The van der Waals surface area contributed by atoms with E-state index in [0.717, 1.165) is 31.7 Å². The summed E-state index contributed by atoms with van der Waals surface area (Å²) in [5, 5.41) is 18.5. The zero-order valence-corrected chi connectivity index (χ0v) is 12.9. The van der Waals surface area contributed by atoms with E-state index in [2.05, 4.69) is 35.8 Å². The molecular formula is C15H16N8O. The number of nitrogens with one attached hydrogen (secondary N) is 1. The Morgan fingerprint density at radius 1 is 1.17 bits per heavy atom. The molecule has 0 spiro atoms. The van der Waals surface area contributed by atoms with Gasteiger partial charge in [-0.2, -0.15) is 0 Å². The first-order valence-corrected chi connectivity index (χ1v) is 7.82. The minimum Gasteiger partial charge on any atom is -0.355 e. The fourth-order valence-corrected chi connectivity index (χ4v) is 2.84. The van der Waals surface area contributed by atoms with Crippen molar-refractivity contribution >= 4 is 23.2 Å². The van der Waals surface area contributed by atoms with Crippen molar-refractivity contribution in [3.05, 3.63) is 36.5 Å². The predicted octanol–water partition coefficient (Wildman–Crippen LogP) is 0.769. The molecule has 0 aliphatic carbocycles. The Kier molecular flexibility index (Phi) is 3.73. The Morgan fingerprint density at radius 2 is 2.04 bits per heavy atom. The van der Waals surface area contributed by atoms with Crippen LogP contribution >= 0.6 is 0 Å². The van der Waals surface area contributed by atoms with Crippen LogP contribution in [-0.4, -0.2) is 49.2 Å². The number of tetrazole rings is 1. The summed E-state index contributed by atoms with van der Waals surface area (Å²) >= 11 is 0. The highest BCUT2D eigenvalue weighted by atomic mass is 16.1. The fourth-order valence-electron chi connectivity index (χ4n) is 2.84. The van der Waals surface area contributed by atoms with Gasteiger partial charge in [0.1, 0.15) is 5.82 Å². The molecule has 0 bridgehead atoms. The van der Waals surface area contributed by atoms with E-state index in [1.54, 1.807) is 12.3 Å². The summed E-state index contributed by atoms with van der Waals surface area (Å²) < 4.78 is 1.41. The van der Waals surface area contributed by atoms with Crippen LogP contribution in [0.2, 0.25) is 0 Å². The summed E-state index contributed by atoms with van der Waals surface area (Å²) in [5.74, 6) is 1.42. The maximum atomic E-state index is 12.3. The summed E-state index contributed by atoms with van der Waals surface area (Å²) in [4.78, 5) is 18.6. The summed E-state index contributed by atoms with van der Waals surface area (Å²) in [7, 11) is 0. The molecule has 1 N–H and O–H groups in total. The Hall–Kier alpha value is -3.10. The molecule has 1 saturated heterocycles. The van der Waals surface area contributed by atoms with Gasteiger partial charge in [0.05, 0.1) is 0 Å². The van der Waals surface area contributed by atoms with Gasteiger partial charge in [-0.05, 0) is 47.5 Å². The molecule has 0 atom stereocenters. The van der Waals surface area contributed by atoms with Crippen LogP contribution in [0.1, 0.15) is 12.8 Å². The van der Waals surface area contributed by atoms with Crippen molar-refractivity contribution in [1.82, 2.24) is 30.2 Å². The standard InChI is InChI=1S/C15H16N8O/c24-15(17-12-3-1-2-8-16-12)11-6-9-22(10-7-11)14-5-4-13-18-20-21-23(13)19-14/h1-5,8,11H,6-7,9-10H2,(H,16,17,24). The van der Waals surface area contributed by atoms with E-state index >= 15 is 0 Å². The maximum absolute atomic E-state index is 12.3. The SMILES string of the molecule is O=C(Nc1ccccn1)C1CCN(c2ccc3nnnn3n2)CC1. The number of hydrogen-bond acceptors (Lipinski definition) is 7. The number of hydrogen-bond donors (Lipinski definition) is 1. The highest BCUT2D eigenvalue weighted by molar-refractivity contribution is 5.91. The summed E-state index contributed by atoms with van der Waals surface area (Å²) in [6, 6.07) is 9.20. The molecule has 3 aromatic heterocycles. The third-order valence-corrected chi connectivity index (χ3v) is 4.16. The third kappa shape index (κ3) is 2.87. The second-order valence-electron chi connectivity index (χ2n) is 5.68. The normalized spacial score (nSPS) is 15.6. The number of carbonyl (C=O) groups is 1. The lowest BCUT2D eigenvalue weighted by Crippen LogP contribution is -2.38. The second-order valence-corrected chi connectivity index (χ2v) is 5.68. The minimum atomic E-state index is -0.0139. The zero-order valence-electron chi connectivity index (χ0n) is 12.9. The number of aromatic nitrogens is 6. The number of rotatable bonds is 3. The number of piperidine rings is 1. The van der Waals surface area contributed by atoms with Gasteiger partial charge in [-0.1, -0.05) is 6.07 Å². The monoisotopic (exact) mass is 324 g/mol. The van der Waals surface area contributed by atoms with E-state index in [1.165, 1.54) is 4.63 Å². The summed E-state index contributed by atoms with van der Waals surface area (Å²) in [6.45, 7) is 1.53. The van der Waals surface area contributed by atoms with E-state index in [9.17, 15) is 4.79 Å². The summed E-state index contributed by atoms with van der Waals surface area (Å²) in [6.07, 6.45) is 3.21.